The second kappa shape index (κ2) is 8.24. The minimum Gasteiger partial charge on any atom is -0.369 e. The first kappa shape index (κ1) is 21.8. The molecule has 3 heterocycles. The number of benzene rings is 1. The Labute approximate surface area is 185 Å². The standard InChI is InChI=1S/C23H31N5O2S/c1-23(2,3)16-28-20-10-9-19(24-21(20)25(4)22(28)29)17-7-6-8-18(15-17)26-11-13-27(14-12-26)31(5)30/h6-10,15H,11-14,16H2,1-5H3. The van der Waals surface area contributed by atoms with Gasteiger partial charge in [-0.2, -0.15) is 0 Å². The molecule has 31 heavy (non-hydrogen) atoms. The molecule has 1 unspecified atom stereocenters. The first-order valence-corrected chi connectivity index (χ1v) is 12.2. The number of hydrogen-bond donors (Lipinski definition) is 0. The number of anilines is 1. The van der Waals surface area contributed by atoms with E-state index in [1.807, 2.05) is 27.1 Å². The van der Waals surface area contributed by atoms with E-state index in [1.54, 1.807) is 17.9 Å². The summed E-state index contributed by atoms with van der Waals surface area (Å²) in [6.07, 6.45) is 1.74. The lowest BCUT2D eigenvalue weighted by molar-refractivity contribution is 0.342. The van der Waals surface area contributed by atoms with Crippen LogP contribution in [-0.2, 0) is 24.6 Å². The maximum atomic E-state index is 12.8. The molecule has 1 fully saturated rings. The van der Waals surface area contributed by atoms with Crippen LogP contribution >= 0.6 is 0 Å². The van der Waals surface area contributed by atoms with E-state index in [2.05, 4.69) is 43.9 Å². The molecule has 7 nitrogen and oxygen atoms in total. The average molecular weight is 442 g/mol. The highest BCUT2D eigenvalue weighted by Crippen LogP contribution is 2.27. The van der Waals surface area contributed by atoms with E-state index in [4.69, 9.17) is 4.98 Å². The molecule has 1 saturated heterocycles. The highest BCUT2D eigenvalue weighted by molar-refractivity contribution is 7.81. The summed E-state index contributed by atoms with van der Waals surface area (Å²) < 4.78 is 17.2. The summed E-state index contributed by atoms with van der Waals surface area (Å²) in [5, 5.41) is 0. The fourth-order valence-electron chi connectivity index (χ4n) is 4.13. The molecule has 1 aliphatic heterocycles. The predicted octanol–water partition coefficient (Wildman–Crippen LogP) is 2.86. The molecule has 0 spiro atoms. The second-order valence-corrected chi connectivity index (χ2v) is 10.8. The fraction of sp³-hybridized carbons (Fsp3) is 0.478. The number of fused-ring (bicyclic) bond motifs is 1. The number of aromatic nitrogens is 3. The third-order valence-electron chi connectivity index (χ3n) is 5.72. The molecule has 4 rings (SSSR count). The lowest BCUT2D eigenvalue weighted by Gasteiger charge is -2.34. The highest BCUT2D eigenvalue weighted by atomic mass is 32.2. The lowest BCUT2D eigenvalue weighted by atomic mass is 9.97. The number of aryl methyl sites for hydroxylation is 1. The van der Waals surface area contributed by atoms with E-state index >= 15 is 0 Å². The van der Waals surface area contributed by atoms with Gasteiger partial charge >= 0.3 is 5.69 Å². The maximum absolute atomic E-state index is 12.8. The monoisotopic (exact) mass is 441 g/mol. The largest absolute Gasteiger partial charge is 0.369 e. The molecule has 2 aromatic heterocycles. The van der Waals surface area contributed by atoms with Crippen molar-refractivity contribution in [3.05, 3.63) is 46.9 Å². The van der Waals surface area contributed by atoms with Crippen molar-refractivity contribution in [2.24, 2.45) is 12.5 Å². The van der Waals surface area contributed by atoms with Gasteiger partial charge in [0, 0.05) is 57.3 Å². The summed E-state index contributed by atoms with van der Waals surface area (Å²) in [5.41, 5.74) is 4.55. The van der Waals surface area contributed by atoms with Gasteiger partial charge in [-0.3, -0.25) is 9.13 Å². The molecule has 0 bridgehead atoms. The van der Waals surface area contributed by atoms with Crippen LogP contribution in [0.15, 0.2) is 41.2 Å². The molecule has 0 saturated carbocycles. The van der Waals surface area contributed by atoms with Gasteiger partial charge in [0.15, 0.2) is 5.65 Å². The maximum Gasteiger partial charge on any atom is 0.330 e. The van der Waals surface area contributed by atoms with E-state index in [-0.39, 0.29) is 11.1 Å². The van der Waals surface area contributed by atoms with Gasteiger partial charge < -0.3 is 4.90 Å². The van der Waals surface area contributed by atoms with Gasteiger partial charge in [-0.15, -0.1) is 0 Å². The number of nitrogens with zero attached hydrogens (tertiary/aromatic N) is 5. The molecule has 1 aromatic carbocycles. The number of piperazine rings is 1. The molecule has 3 aromatic rings. The number of imidazole rings is 1. The minimum absolute atomic E-state index is 0.000481. The van der Waals surface area contributed by atoms with Crippen LogP contribution in [0.3, 0.4) is 0 Å². The Morgan fingerprint density at radius 1 is 1.06 bits per heavy atom. The minimum atomic E-state index is -0.913. The van der Waals surface area contributed by atoms with E-state index in [0.717, 1.165) is 48.6 Å². The van der Waals surface area contributed by atoms with Crippen LogP contribution in [0.25, 0.3) is 22.4 Å². The molecular weight excluding hydrogens is 410 g/mol. The van der Waals surface area contributed by atoms with Gasteiger partial charge in [0.1, 0.15) is 0 Å². The van der Waals surface area contributed by atoms with Gasteiger partial charge in [0.05, 0.1) is 22.2 Å². The molecule has 8 heteroatoms. The van der Waals surface area contributed by atoms with Crippen molar-refractivity contribution >= 4 is 27.8 Å². The summed E-state index contributed by atoms with van der Waals surface area (Å²) in [6, 6.07) is 12.4. The third-order valence-corrected chi connectivity index (χ3v) is 6.81. The summed E-state index contributed by atoms with van der Waals surface area (Å²) in [7, 11) is 0.873. The zero-order valence-corrected chi connectivity index (χ0v) is 19.8. The van der Waals surface area contributed by atoms with Crippen LogP contribution < -0.4 is 10.6 Å². The van der Waals surface area contributed by atoms with Gasteiger partial charge in [-0.25, -0.2) is 18.3 Å². The number of rotatable bonds is 4. The Morgan fingerprint density at radius 2 is 1.77 bits per heavy atom. The van der Waals surface area contributed by atoms with Crippen LogP contribution in [0, 0.1) is 5.41 Å². The molecule has 0 radical (unpaired) electrons. The van der Waals surface area contributed by atoms with Crippen molar-refractivity contribution < 1.29 is 4.21 Å². The van der Waals surface area contributed by atoms with Crippen LogP contribution in [0.1, 0.15) is 20.8 Å². The van der Waals surface area contributed by atoms with Gasteiger partial charge in [-0.05, 0) is 29.7 Å². The van der Waals surface area contributed by atoms with Crippen LogP contribution in [0.4, 0.5) is 5.69 Å². The van der Waals surface area contributed by atoms with E-state index in [0.29, 0.717) is 12.2 Å². The molecule has 1 aliphatic rings. The molecule has 166 valence electrons. The summed E-state index contributed by atoms with van der Waals surface area (Å²) in [5.74, 6) is 0. The van der Waals surface area contributed by atoms with Crippen molar-refractivity contribution in [3.8, 4) is 11.3 Å². The smallest absolute Gasteiger partial charge is 0.330 e. The Morgan fingerprint density at radius 3 is 2.42 bits per heavy atom. The first-order chi connectivity index (χ1) is 14.6. The fourth-order valence-corrected chi connectivity index (χ4v) is 4.80. The Kier molecular flexibility index (Phi) is 5.79. The predicted molar refractivity (Wildman–Crippen MR) is 128 cm³/mol. The zero-order valence-electron chi connectivity index (χ0n) is 19.0. The molecule has 1 atom stereocenters. The van der Waals surface area contributed by atoms with Crippen LogP contribution in [-0.4, -0.2) is 55.1 Å². The highest BCUT2D eigenvalue weighted by Gasteiger charge is 2.21. The quantitative estimate of drug-likeness (QED) is 0.625. The topological polar surface area (TPSA) is 63.4 Å². The van der Waals surface area contributed by atoms with Gasteiger partial charge in [0.25, 0.3) is 0 Å². The lowest BCUT2D eigenvalue weighted by Crippen LogP contribution is -2.46. The van der Waals surface area contributed by atoms with Gasteiger partial charge in [-0.1, -0.05) is 32.9 Å². The normalized spacial score (nSPS) is 16.7. The second-order valence-electron chi connectivity index (χ2n) is 9.42. The summed E-state index contributed by atoms with van der Waals surface area (Å²) >= 11 is 0. The van der Waals surface area contributed by atoms with E-state index in [9.17, 15) is 9.00 Å². The van der Waals surface area contributed by atoms with E-state index < -0.39 is 11.0 Å². The summed E-state index contributed by atoms with van der Waals surface area (Å²) in [4.78, 5) is 20.0. The molecule has 0 aliphatic carbocycles. The SMILES string of the molecule is Cn1c(=O)n(CC(C)(C)C)c2ccc(-c3cccc(N4CCN(S(C)=O)CC4)c3)nc21. The zero-order chi connectivity index (χ0) is 22.3. The molecular formula is C23H31N5O2S. The van der Waals surface area contributed by atoms with Crippen LogP contribution in [0.5, 0.6) is 0 Å². The number of hydrogen-bond acceptors (Lipinski definition) is 4. The van der Waals surface area contributed by atoms with E-state index in [1.165, 1.54) is 0 Å². The Balaban J connectivity index is 1.65. The van der Waals surface area contributed by atoms with Crippen LogP contribution in [0.2, 0.25) is 0 Å². The Hall–Kier alpha value is -2.45. The summed E-state index contributed by atoms with van der Waals surface area (Å²) in [6.45, 7) is 10.3. The molecule has 0 amide bonds. The van der Waals surface area contributed by atoms with Crippen molar-refractivity contribution in [3.63, 3.8) is 0 Å². The molecule has 0 N–H and O–H groups in total. The Bertz CT molecular complexity index is 1180. The van der Waals surface area contributed by atoms with Crippen molar-refractivity contribution in [1.82, 2.24) is 18.4 Å². The average Bonchev–Trinajstić information content (AvgIpc) is 2.97. The van der Waals surface area contributed by atoms with Gasteiger partial charge in [0.2, 0.25) is 0 Å². The first-order valence-electron chi connectivity index (χ1n) is 10.6. The number of pyridine rings is 1. The van der Waals surface area contributed by atoms with Crippen molar-refractivity contribution in [2.45, 2.75) is 27.3 Å². The third kappa shape index (κ3) is 4.45. The van der Waals surface area contributed by atoms with Crippen molar-refractivity contribution in [2.75, 3.05) is 37.3 Å². The van der Waals surface area contributed by atoms with Crippen molar-refractivity contribution in [1.29, 1.82) is 0 Å².